The second kappa shape index (κ2) is 7.53. The molecule has 0 radical (unpaired) electrons. The summed E-state index contributed by atoms with van der Waals surface area (Å²) in [5.74, 6) is -0.626. The zero-order valence-corrected chi connectivity index (χ0v) is 14.5. The summed E-state index contributed by atoms with van der Waals surface area (Å²) in [6, 6.07) is 7.16. The Balaban J connectivity index is 1.64. The van der Waals surface area contributed by atoms with Crippen LogP contribution in [-0.4, -0.2) is 31.3 Å². The van der Waals surface area contributed by atoms with E-state index in [0.29, 0.717) is 20.9 Å². The van der Waals surface area contributed by atoms with E-state index < -0.39 is 5.25 Å². The van der Waals surface area contributed by atoms with Crippen molar-refractivity contribution in [3.8, 4) is 10.6 Å². The topological polar surface area (TPSA) is 101 Å². The summed E-state index contributed by atoms with van der Waals surface area (Å²) in [7, 11) is 0. The van der Waals surface area contributed by atoms with Crippen LogP contribution >= 0.6 is 23.1 Å². The van der Waals surface area contributed by atoms with Crippen LogP contribution in [0.4, 0.5) is 9.52 Å². The molecule has 0 aliphatic heterocycles. The largest absolute Gasteiger partial charge is 0.301 e. The lowest BCUT2D eigenvalue weighted by molar-refractivity contribution is -0.115. The zero-order chi connectivity index (χ0) is 17.8. The molecule has 0 aliphatic rings. The van der Waals surface area contributed by atoms with Crippen LogP contribution in [0.2, 0.25) is 0 Å². The predicted octanol–water partition coefficient (Wildman–Crippen LogP) is 2.55. The summed E-state index contributed by atoms with van der Waals surface area (Å²) in [4.78, 5) is 30.0. The fraction of sp³-hybridized carbons (Fsp3) is 0.133. The first-order chi connectivity index (χ1) is 12.0. The number of hydrogen-bond donors (Lipinski definition) is 2. The minimum Gasteiger partial charge on any atom is -0.301 e. The van der Waals surface area contributed by atoms with Crippen molar-refractivity contribution in [2.45, 2.75) is 17.3 Å². The first-order valence-corrected chi connectivity index (χ1v) is 8.83. The number of nitrogens with one attached hydrogen (secondary N) is 2. The van der Waals surface area contributed by atoms with E-state index in [0.717, 1.165) is 11.8 Å². The molecule has 1 atom stereocenters. The van der Waals surface area contributed by atoms with Gasteiger partial charge in [-0.25, -0.2) is 9.37 Å². The maximum atomic E-state index is 13.0. The van der Waals surface area contributed by atoms with Crippen molar-refractivity contribution in [3.05, 3.63) is 52.7 Å². The smallest absolute Gasteiger partial charge is 0.251 e. The lowest BCUT2D eigenvalue weighted by Gasteiger charge is -2.08. The fourth-order valence-electron chi connectivity index (χ4n) is 1.82. The first-order valence-electron chi connectivity index (χ1n) is 7.13. The van der Waals surface area contributed by atoms with E-state index >= 15 is 0 Å². The Kier molecular flexibility index (Phi) is 5.19. The second-order valence-electron chi connectivity index (χ2n) is 4.91. The highest BCUT2D eigenvalue weighted by Gasteiger charge is 2.18. The molecule has 2 aromatic heterocycles. The van der Waals surface area contributed by atoms with Gasteiger partial charge in [-0.3, -0.25) is 14.9 Å². The SMILES string of the molecule is CC(Sc1nccc(=O)[nH]1)C(=O)Nc1nnc(-c2ccc(F)cc2)s1. The molecule has 1 amide bonds. The van der Waals surface area contributed by atoms with Crippen molar-refractivity contribution in [3.63, 3.8) is 0 Å². The number of benzene rings is 1. The molecule has 2 heterocycles. The summed E-state index contributed by atoms with van der Waals surface area (Å²) in [6.07, 6.45) is 1.38. The summed E-state index contributed by atoms with van der Waals surface area (Å²) in [5, 5.41) is 11.4. The lowest BCUT2D eigenvalue weighted by Crippen LogP contribution is -2.23. The molecule has 0 saturated heterocycles. The molecular formula is C15H12FN5O2S2. The molecule has 25 heavy (non-hydrogen) atoms. The third-order valence-corrected chi connectivity index (χ3v) is 4.94. The predicted molar refractivity (Wildman–Crippen MR) is 94.1 cm³/mol. The number of anilines is 1. The van der Waals surface area contributed by atoms with Gasteiger partial charge in [0.05, 0.1) is 5.25 Å². The van der Waals surface area contributed by atoms with Gasteiger partial charge in [-0.15, -0.1) is 10.2 Å². The quantitative estimate of drug-likeness (QED) is 0.523. The van der Waals surface area contributed by atoms with E-state index in [1.165, 1.54) is 35.7 Å². The summed E-state index contributed by atoms with van der Waals surface area (Å²) < 4.78 is 13.0. The highest BCUT2D eigenvalue weighted by molar-refractivity contribution is 8.00. The molecule has 0 bridgehead atoms. The Labute approximate surface area is 149 Å². The maximum Gasteiger partial charge on any atom is 0.251 e. The lowest BCUT2D eigenvalue weighted by atomic mass is 10.2. The number of halogens is 1. The van der Waals surface area contributed by atoms with Crippen LogP contribution in [0.15, 0.2) is 46.5 Å². The third-order valence-electron chi connectivity index (χ3n) is 3.05. The van der Waals surface area contributed by atoms with Gasteiger partial charge >= 0.3 is 0 Å². The minimum absolute atomic E-state index is 0.279. The molecule has 0 fully saturated rings. The summed E-state index contributed by atoms with van der Waals surface area (Å²) in [6.45, 7) is 1.69. The van der Waals surface area contributed by atoms with Gasteiger partial charge < -0.3 is 4.98 Å². The van der Waals surface area contributed by atoms with Crippen LogP contribution in [-0.2, 0) is 4.79 Å². The van der Waals surface area contributed by atoms with E-state index in [1.54, 1.807) is 19.1 Å². The number of nitrogens with zero attached hydrogens (tertiary/aromatic N) is 3. The average molecular weight is 377 g/mol. The van der Waals surface area contributed by atoms with Gasteiger partial charge in [0.15, 0.2) is 5.16 Å². The Bertz CT molecular complexity index is 941. The molecule has 0 saturated carbocycles. The Morgan fingerprint density at radius 1 is 1.28 bits per heavy atom. The van der Waals surface area contributed by atoms with E-state index in [2.05, 4.69) is 25.5 Å². The molecule has 3 rings (SSSR count). The Hall–Kier alpha value is -2.59. The van der Waals surface area contributed by atoms with Crippen molar-refractivity contribution in [2.75, 3.05) is 5.32 Å². The number of rotatable bonds is 5. The third kappa shape index (κ3) is 4.48. The molecule has 7 nitrogen and oxygen atoms in total. The minimum atomic E-state index is -0.497. The maximum absolute atomic E-state index is 13.0. The van der Waals surface area contributed by atoms with Crippen molar-refractivity contribution < 1.29 is 9.18 Å². The van der Waals surface area contributed by atoms with Gasteiger partial charge in [-0.05, 0) is 31.2 Å². The Morgan fingerprint density at radius 3 is 2.76 bits per heavy atom. The summed E-state index contributed by atoms with van der Waals surface area (Å²) in [5.41, 5.74) is 0.436. The van der Waals surface area contributed by atoms with E-state index in [9.17, 15) is 14.0 Å². The highest BCUT2D eigenvalue weighted by Crippen LogP contribution is 2.27. The number of amides is 1. The average Bonchev–Trinajstić information content (AvgIpc) is 3.04. The van der Waals surface area contributed by atoms with Gasteiger partial charge in [-0.1, -0.05) is 23.1 Å². The van der Waals surface area contributed by atoms with Gasteiger partial charge in [0.1, 0.15) is 10.8 Å². The van der Waals surface area contributed by atoms with Gasteiger partial charge in [0.25, 0.3) is 5.56 Å². The van der Waals surface area contributed by atoms with Crippen molar-refractivity contribution >= 4 is 34.1 Å². The molecule has 3 aromatic rings. The fourth-order valence-corrected chi connectivity index (χ4v) is 3.36. The second-order valence-corrected chi connectivity index (χ2v) is 7.21. The number of hydrogen-bond acceptors (Lipinski definition) is 7. The highest BCUT2D eigenvalue weighted by atomic mass is 32.2. The molecule has 10 heteroatoms. The standard InChI is InChI=1S/C15H12FN5O2S2/c1-8(24-14-17-7-6-11(22)18-14)12(23)19-15-21-20-13(25-15)9-2-4-10(16)5-3-9/h2-8H,1H3,(H,17,18,22)(H,19,21,23). The number of thioether (sulfide) groups is 1. The molecule has 0 spiro atoms. The number of H-pyrrole nitrogens is 1. The van der Waals surface area contributed by atoms with Crippen LogP contribution < -0.4 is 10.9 Å². The van der Waals surface area contributed by atoms with Crippen LogP contribution in [0.25, 0.3) is 10.6 Å². The monoisotopic (exact) mass is 377 g/mol. The van der Waals surface area contributed by atoms with Crippen LogP contribution in [0.3, 0.4) is 0 Å². The van der Waals surface area contributed by atoms with E-state index in [4.69, 9.17) is 0 Å². The molecular weight excluding hydrogens is 365 g/mol. The number of aromatic amines is 1. The first kappa shape index (κ1) is 17.2. The van der Waals surface area contributed by atoms with E-state index in [-0.39, 0.29) is 17.3 Å². The molecule has 2 N–H and O–H groups in total. The van der Waals surface area contributed by atoms with Crippen LogP contribution in [0, 0.1) is 5.82 Å². The van der Waals surface area contributed by atoms with Crippen molar-refractivity contribution in [1.82, 2.24) is 20.2 Å². The number of aromatic nitrogens is 4. The molecule has 128 valence electrons. The van der Waals surface area contributed by atoms with Gasteiger partial charge in [0.2, 0.25) is 11.0 Å². The van der Waals surface area contributed by atoms with Crippen LogP contribution in [0.5, 0.6) is 0 Å². The summed E-state index contributed by atoms with van der Waals surface area (Å²) >= 11 is 2.31. The van der Waals surface area contributed by atoms with Gasteiger partial charge in [0, 0.05) is 17.8 Å². The van der Waals surface area contributed by atoms with Crippen molar-refractivity contribution in [2.24, 2.45) is 0 Å². The van der Waals surface area contributed by atoms with Gasteiger partial charge in [-0.2, -0.15) is 0 Å². The van der Waals surface area contributed by atoms with Crippen molar-refractivity contribution in [1.29, 1.82) is 0 Å². The Morgan fingerprint density at radius 2 is 2.04 bits per heavy atom. The number of carbonyl (C=O) groups excluding carboxylic acids is 1. The normalized spacial score (nSPS) is 11.9. The zero-order valence-electron chi connectivity index (χ0n) is 12.9. The number of carbonyl (C=O) groups is 1. The molecule has 1 unspecified atom stereocenters. The molecule has 0 aliphatic carbocycles. The molecule has 1 aromatic carbocycles. The van der Waals surface area contributed by atoms with E-state index in [1.807, 2.05) is 0 Å². The van der Waals surface area contributed by atoms with Crippen LogP contribution in [0.1, 0.15) is 6.92 Å².